The topological polar surface area (TPSA) is 58.8 Å². The van der Waals surface area contributed by atoms with Crippen molar-refractivity contribution in [2.45, 2.75) is 57.2 Å². The molecule has 1 amide bonds. The molecule has 2 aliphatic heterocycles. The Balaban J connectivity index is 1.89. The van der Waals surface area contributed by atoms with E-state index in [0.29, 0.717) is 25.2 Å². The van der Waals surface area contributed by atoms with E-state index in [9.17, 15) is 4.79 Å². The predicted octanol–water partition coefficient (Wildman–Crippen LogP) is 0.826. The smallest absolute Gasteiger partial charge is 0.236 e. The highest BCUT2D eigenvalue weighted by atomic mass is 16.5. The van der Waals surface area contributed by atoms with Gasteiger partial charge in [-0.25, -0.2) is 0 Å². The summed E-state index contributed by atoms with van der Waals surface area (Å²) in [5.41, 5.74) is 5.87. The fourth-order valence-electron chi connectivity index (χ4n) is 3.46. The molecule has 3 atom stereocenters. The maximum atomic E-state index is 12.5. The van der Waals surface area contributed by atoms with Gasteiger partial charge in [-0.2, -0.15) is 0 Å². The maximum Gasteiger partial charge on any atom is 0.236 e. The van der Waals surface area contributed by atoms with Crippen LogP contribution in [0, 0.1) is 0 Å². The zero-order valence-corrected chi connectivity index (χ0v) is 12.9. The highest BCUT2D eigenvalue weighted by Crippen LogP contribution is 2.21. The monoisotopic (exact) mass is 283 g/mol. The van der Waals surface area contributed by atoms with E-state index >= 15 is 0 Å². The minimum absolute atomic E-state index is 0.270. The summed E-state index contributed by atoms with van der Waals surface area (Å²) in [5.74, 6) is 0.270. The van der Waals surface area contributed by atoms with Crippen molar-refractivity contribution in [2.75, 3.05) is 33.3 Å². The first-order valence-electron chi connectivity index (χ1n) is 7.92. The van der Waals surface area contributed by atoms with Gasteiger partial charge >= 0.3 is 0 Å². The van der Waals surface area contributed by atoms with E-state index in [1.165, 1.54) is 6.42 Å². The number of nitrogens with two attached hydrogens (primary N) is 1. The summed E-state index contributed by atoms with van der Waals surface area (Å²) in [4.78, 5) is 16.8. The maximum absolute atomic E-state index is 12.5. The number of methoxy groups -OCH3 is 1. The van der Waals surface area contributed by atoms with Gasteiger partial charge in [-0.15, -0.1) is 0 Å². The molecule has 116 valence electrons. The van der Waals surface area contributed by atoms with Crippen LogP contribution in [0.15, 0.2) is 0 Å². The van der Waals surface area contributed by atoms with Gasteiger partial charge in [-0.1, -0.05) is 0 Å². The Labute approximate surface area is 122 Å². The van der Waals surface area contributed by atoms with E-state index in [-0.39, 0.29) is 11.9 Å². The van der Waals surface area contributed by atoms with Gasteiger partial charge in [0.1, 0.15) is 0 Å². The zero-order valence-electron chi connectivity index (χ0n) is 12.9. The number of hydrogen-bond donors (Lipinski definition) is 1. The lowest BCUT2D eigenvalue weighted by molar-refractivity contribution is -0.137. The van der Waals surface area contributed by atoms with Crippen molar-refractivity contribution in [2.24, 2.45) is 5.73 Å². The number of nitrogens with zero attached hydrogens (tertiary/aromatic N) is 2. The van der Waals surface area contributed by atoms with Crippen LogP contribution in [-0.4, -0.2) is 67.2 Å². The van der Waals surface area contributed by atoms with Crippen molar-refractivity contribution in [1.29, 1.82) is 0 Å². The molecular formula is C15H29N3O2. The van der Waals surface area contributed by atoms with Crippen LogP contribution in [0.3, 0.4) is 0 Å². The van der Waals surface area contributed by atoms with Crippen LogP contribution in [0.25, 0.3) is 0 Å². The van der Waals surface area contributed by atoms with Crippen molar-refractivity contribution < 1.29 is 9.53 Å². The van der Waals surface area contributed by atoms with Crippen LogP contribution < -0.4 is 5.73 Å². The molecule has 0 spiro atoms. The van der Waals surface area contributed by atoms with Gasteiger partial charge < -0.3 is 15.4 Å². The lowest BCUT2D eigenvalue weighted by Crippen LogP contribution is -2.54. The van der Waals surface area contributed by atoms with Gasteiger partial charge in [-0.05, 0) is 39.0 Å². The van der Waals surface area contributed by atoms with E-state index < -0.39 is 0 Å². The van der Waals surface area contributed by atoms with Crippen LogP contribution in [0.1, 0.15) is 39.0 Å². The average Bonchev–Trinajstić information content (AvgIpc) is 2.48. The third-order valence-electron chi connectivity index (χ3n) is 4.86. The number of ether oxygens (including phenoxy) is 1. The van der Waals surface area contributed by atoms with Crippen molar-refractivity contribution in [3.63, 3.8) is 0 Å². The van der Waals surface area contributed by atoms with E-state index in [1.54, 1.807) is 7.11 Å². The number of rotatable bonds is 4. The van der Waals surface area contributed by atoms with E-state index in [1.807, 2.05) is 0 Å². The van der Waals surface area contributed by atoms with Gasteiger partial charge in [0, 0.05) is 38.8 Å². The van der Waals surface area contributed by atoms with Crippen LogP contribution >= 0.6 is 0 Å². The lowest BCUT2D eigenvalue weighted by atomic mass is 9.98. The molecule has 0 aliphatic carbocycles. The average molecular weight is 283 g/mol. The highest BCUT2D eigenvalue weighted by molar-refractivity contribution is 5.78. The fraction of sp³-hybridized carbons (Fsp3) is 0.933. The summed E-state index contributed by atoms with van der Waals surface area (Å²) in [6.45, 7) is 5.11. The minimum Gasteiger partial charge on any atom is -0.381 e. The summed E-state index contributed by atoms with van der Waals surface area (Å²) < 4.78 is 5.43. The van der Waals surface area contributed by atoms with Crippen LogP contribution in [0.4, 0.5) is 0 Å². The second-order valence-corrected chi connectivity index (χ2v) is 6.17. The van der Waals surface area contributed by atoms with Crippen molar-refractivity contribution >= 4 is 5.91 Å². The predicted molar refractivity (Wildman–Crippen MR) is 79.5 cm³/mol. The van der Waals surface area contributed by atoms with Gasteiger partial charge in [0.05, 0.1) is 12.6 Å². The normalized spacial score (nSPS) is 32.4. The van der Waals surface area contributed by atoms with Crippen LogP contribution in [0.5, 0.6) is 0 Å². The van der Waals surface area contributed by atoms with Crippen molar-refractivity contribution in [1.82, 2.24) is 9.80 Å². The lowest BCUT2D eigenvalue weighted by Gasteiger charge is -2.40. The van der Waals surface area contributed by atoms with Gasteiger partial charge in [0.2, 0.25) is 5.91 Å². The fourth-order valence-corrected chi connectivity index (χ4v) is 3.46. The molecule has 3 unspecified atom stereocenters. The molecule has 5 heteroatoms. The number of amides is 1. The molecule has 0 aromatic heterocycles. The Morgan fingerprint density at radius 3 is 2.75 bits per heavy atom. The Bertz CT molecular complexity index is 324. The molecule has 2 saturated heterocycles. The molecule has 5 nitrogen and oxygen atoms in total. The Morgan fingerprint density at radius 2 is 2.10 bits per heavy atom. The standard InChI is InChI=1S/C15H29N3O2/c1-12-5-3-4-7-18(12)15(19)11-17-8-6-14(20-2)9-13(17)10-16/h12-14H,3-11,16H2,1-2H3. The first kappa shape index (κ1) is 15.7. The Morgan fingerprint density at radius 1 is 1.30 bits per heavy atom. The second-order valence-electron chi connectivity index (χ2n) is 6.17. The molecule has 0 radical (unpaired) electrons. The Kier molecular flexibility index (Phi) is 5.81. The molecule has 20 heavy (non-hydrogen) atoms. The van der Waals surface area contributed by atoms with E-state index in [4.69, 9.17) is 10.5 Å². The molecular weight excluding hydrogens is 254 g/mol. The Hall–Kier alpha value is -0.650. The van der Waals surface area contributed by atoms with Gasteiger partial charge in [0.15, 0.2) is 0 Å². The van der Waals surface area contributed by atoms with E-state index in [2.05, 4.69) is 16.7 Å². The minimum atomic E-state index is 0.270. The van der Waals surface area contributed by atoms with Crippen LogP contribution in [-0.2, 0) is 9.53 Å². The van der Waals surface area contributed by atoms with Gasteiger partial charge in [0.25, 0.3) is 0 Å². The van der Waals surface area contributed by atoms with E-state index in [0.717, 1.165) is 38.8 Å². The highest BCUT2D eigenvalue weighted by Gasteiger charge is 2.31. The van der Waals surface area contributed by atoms with Crippen molar-refractivity contribution in [3.8, 4) is 0 Å². The first-order valence-corrected chi connectivity index (χ1v) is 7.92. The van der Waals surface area contributed by atoms with Crippen molar-refractivity contribution in [3.05, 3.63) is 0 Å². The summed E-state index contributed by atoms with van der Waals surface area (Å²) in [5, 5.41) is 0. The molecule has 2 rings (SSSR count). The third-order valence-corrected chi connectivity index (χ3v) is 4.86. The summed E-state index contributed by atoms with van der Waals surface area (Å²) >= 11 is 0. The quantitative estimate of drug-likeness (QED) is 0.830. The number of hydrogen-bond acceptors (Lipinski definition) is 4. The first-order chi connectivity index (χ1) is 9.65. The van der Waals surface area contributed by atoms with Crippen LogP contribution in [0.2, 0.25) is 0 Å². The SMILES string of the molecule is COC1CCN(CC(=O)N2CCCCC2C)C(CN)C1. The third kappa shape index (κ3) is 3.71. The zero-order chi connectivity index (χ0) is 14.5. The summed E-state index contributed by atoms with van der Waals surface area (Å²) in [6, 6.07) is 0.668. The molecule has 0 aromatic carbocycles. The molecule has 0 aromatic rings. The molecule has 2 fully saturated rings. The summed E-state index contributed by atoms with van der Waals surface area (Å²) in [7, 11) is 1.76. The molecule has 2 heterocycles. The largest absolute Gasteiger partial charge is 0.381 e. The molecule has 0 saturated carbocycles. The van der Waals surface area contributed by atoms with Gasteiger partial charge in [-0.3, -0.25) is 9.69 Å². The number of likely N-dealkylation sites (tertiary alicyclic amines) is 2. The summed E-state index contributed by atoms with van der Waals surface area (Å²) in [6.07, 6.45) is 5.75. The second kappa shape index (κ2) is 7.38. The molecule has 2 aliphatic rings. The number of carbonyl (C=O) groups excluding carboxylic acids is 1. The molecule has 2 N–H and O–H groups in total. The number of carbonyl (C=O) groups is 1. The molecule has 0 bridgehead atoms. The number of piperidine rings is 2.